The van der Waals surface area contributed by atoms with Gasteiger partial charge in [0.05, 0.1) is 18.1 Å². The van der Waals surface area contributed by atoms with E-state index in [1.165, 1.54) is 14.0 Å². The molecule has 9 heteroatoms. The number of ether oxygens (including phenoxy) is 3. The molecular weight excluding hydrogens is 496 g/mol. The maximum absolute atomic E-state index is 11.8. The van der Waals surface area contributed by atoms with Gasteiger partial charge in [-0.05, 0) is 80.3 Å². The van der Waals surface area contributed by atoms with Crippen LogP contribution in [0.15, 0.2) is 48.5 Å². The fraction of sp³-hybridized carbons (Fsp3) is 0.286. The molecular formula is C28H31ClN2O6. The third-order valence-electron chi connectivity index (χ3n) is 6.55. The summed E-state index contributed by atoms with van der Waals surface area (Å²) in [5, 5.41) is 20.6. The number of fused-ring (bicyclic) bond motifs is 1. The summed E-state index contributed by atoms with van der Waals surface area (Å²) in [7, 11) is 3.14. The molecule has 0 aliphatic heterocycles. The van der Waals surface area contributed by atoms with E-state index in [4.69, 9.17) is 9.47 Å². The van der Waals surface area contributed by atoms with Gasteiger partial charge in [0, 0.05) is 13.1 Å². The van der Waals surface area contributed by atoms with Crippen molar-refractivity contribution in [2.45, 2.75) is 39.9 Å². The van der Waals surface area contributed by atoms with Crippen LogP contribution in [0.4, 0.5) is 0 Å². The van der Waals surface area contributed by atoms with Gasteiger partial charge in [0.1, 0.15) is 35.4 Å². The molecule has 1 heterocycles. The average Bonchev–Trinajstić information content (AvgIpc) is 3.19. The zero-order chi connectivity index (χ0) is 26.2. The predicted octanol–water partition coefficient (Wildman–Crippen LogP) is 5.38. The second kappa shape index (κ2) is 10.7. The number of hydrogen-bond acceptors (Lipinski definition) is 7. The van der Waals surface area contributed by atoms with Crippen molar-refractivity contribution >= 4 is 29.4 Å². The van der Waals surface area contributed by atoms with Gasteiger partial charge in [0.2, 0.25) is 0 Å². The van der Waals surface area contributed by atoms with Crippen LogP contribution in [-0.4, -0.2) is 32.8 Å². The number of aryl methyl sites for hydroxylation is 2. The number of hydrogen-bond donors (Lipinski definition) is 2. The minimum Gasteiger partial charge on any atom is -0.507 e. The molecule has 0 spiro atoms. The molecule has 0 radical (unpaired) electrons. The Morgan fingerprint density at radius 1 is 1.03 bits per heavy atom. The molecule has 8 nitrogen and oxygen atoms in total. The Morgan fingerprint density at radius 3 is 2.32 bits per heavy atom. The molecule has 0 bridgehead atoms. The summed E-state index contributed by atoms with van der Waals surface area (Å²) in [4.78, 5) is 16.5. The summed E-state index contributed by atoms with van der Waals surface area (Å²) >= 11 is 0. The van der Waals surface area contributed by atoms with Gasteiger partial charge in [-0.1, -0.05) is 12.1 Å². The highest BCUT2D eigenvalue weighted by molar-refractivity contribution is 5.85. The first kappa shape index (κ1) is 27.8. The van der Waals surface area contributed by atoms with Gasteiger partial charge in [-0.25, -0.2) is 9.78 Å². The van der Waals surface area contributed by atoms with Crippen LogP contribution in [0, 0.1) is 20.8 Å². The number of carbonyl (C=O) groups excluding carboxylic acids is 1. The summed E-state index contributed by atoms with van der Waals surface area (Å²) in [5.41, 5.74) is 2.82. The van der Waals surface area contributed by atoms with Crippen LogP contribution < -0.4 is 9.47 Å². The van der Waals surface area contributed by atoms with Crippen LogP contribution in [0.2, 0.25) is 0 Å². The molecule has 0 aliphatic rings. The molecule has 196 valence electrons. The number of methoxy groups -OCH3 is 1. The van der Waals surface area contributed by atoms with E-state index in [0.717, 1.165) is 33.5 Å². The zero-order valence-electron chi connectivity index (χ0n) is 21.7. The lowest BCUT2D eigenvalue weighted by Gasteiger charge is -2.20. The fourth-order valence-corrected chi connectivity index (χ4v) is 4.02. The van der Waals surface area contributed by atoms with Crippen LogP contribution in [-0.2, 0) is 28.8 Å². The molecule has 1 atom stereocenters. The molecule has 0 aliphatic carbocycles. The Hall–Kier alpha value is -3.75. The maximum atomic E-state index is 11.8. The van der Waals surface area contributed by atoms with Gasteiger partial charge in [0.25, 0.3) is 0 Å². The molecule has 3 aromatic carbocycles. The normalized spacial score (nSPS) is 12.5. The quantitative estimate of drug-likeness (QED) is 0.312. The van der Waals surface area contributed by atoms with E-state index < -0.39 is 11.6 Å². The number of benzene rings is 3. The standard InChI is InChI=1S/C28H30N2O6.ClH/c1-16-13-24(17(2)18(3)26(16)31)36-21-11-12-22-23(14-21)30(5)25(29-22)15-35-20-9-7-19(8-10-20)28(4,33)27(32)34-6;/h7-14,31,33H,15H2,1-6H3;1H. The third-order valence-corrected chi connectivity index (χ3v) is 6.55. The van der Waals surface area contributed by atoms with Gasteiger partial charge in [-0.2, -0.15) is 0 Å². The third kappa shape index (κ3) is 5.35. The number of carbonyl (C=O) groups is 1. The summed E-state index contributed by atoms with van der Waals surface area (Å²) in [5.74, 6) is 2.21. The monoisotopic (exact) mass is 526 g/mol. The molecule has 1 unspecified atom stereocenters. The van der Waals surface area contributed by atoms with Crippen molar-refractivity contribution in [3.8, 4) is 23.0 Å². The summed E-state index contributed by atoms with van der Waals surface area (Å²) in [6, 6.07) is 14.1. The summed E-state index contributed by atoms with van der Waals surface area (Å²) in [6.45, 7) is 7.25. The highest BCUT2D eigenvalue weighted by Crippen LogP contribution is 2.35. The minimum absolute atomic E-state index is 0. The second-order valence-corrected chi connectivity index (χ2v) is 9.01. The van der Waals surface area contributed by atoms with Crippen LogP contribution in [0.3, 0.4) is 0 Å². The summed E-state index contributed by atoms with van der Waals surface area (Å²) < 4.78 is 18.7. The van der Waals surface area contributed by atoms with Crippen molar-refractivity contribution in [2.24, 2.45) is 7.05 Å². The summed E-state index contributed by atoms with van der Waals surface area (Å²) in [6.07, 6.45) is 0. The smallest absolute Gasteiger partial charge is 0.342 e. The van der Waals surface area contributed by atoms with E-state index in [2.05, 4.69) is 9.72 Å². The SMILES string of the molecule is COC(=O)C(C)(O)c1ccc(OCc2nc3ccc(Oc4cc(C)c(O)c(C)c4C)cc3n2C)cc1.Cl. The zero-order valence-corrected chi connectivity index (χ0v) is 22.5. The number of aliphatic hydroxyl groups is 1. The highest BCUT2D eigenvalue weighted by Gasteiger charge is 2.33. The fourth-order valence-electron chi connectivity index (χ4n) is 4.02. The van der Waals surface area contributed by atoms with E-state index in [1.807, 2.05) is 56.7 Å². The molecule has 2 N–H and O–H groups in total. The van der Waals surface area contributed by atoms with Crippen molar-refractivity contribution in [2.75, 3.05) is 7.11 Å². The van der Waals surface area contributed by atoms with Crippen molar-refractivity contribution in [3.63, 3.8) is 0 Å². The number of rotatable bonds is 7. The lowest BCUT2D eigenvalue weighted by Crippen LogP contribution is -2.33. The maximum Gasteiger partial charge on any atom is 0.342 e. The predicted molar refractivity (Wildman–Crippen MR) is 143 cm³/mol. The Morgan fingerprint density at radius 2 is 1.68 bits per heavy atom. The molecule has 0 saturated carbocycles. The Bertz CT molecular complexity index is 1440. The first-order chi connectivity index (χ1) is 17.0. The van der Waals surface area contributed by atoms with Crippen molar-refractivity contribution < 1.29 is 29.2 Å². The lowest BCUT2D eigenvalue weighted by molar-refractivity contribution is -0.161. The number of aromatic hydroxyl groups is 1. The topological polar surface area (TPSA) is 103 Å². The van der Waals surface area contributed by atoms with E-state index in [9.17, 15) is 15.0 Å². The number of nitrogens with zero attached hydrogens (tertiary/aromatic N) is 2. The first-order valence-electron chi connectivity index (χ1n) is 11.5. The number of imidazole rings is 1. The van der Waals surface area contributed by atoms with Crippen LogP contribution >= 0.6 is 12.4 Å². The van der Waals surface area contributed by atoms with Gasteiger partial charge in [-0.15, -0.1) is 12.4 Å². The second-order valence-electron chi connectivity index (χ2n) is 9.01. The Labute approximate surface area is 221 Å². The minimum atomic E-state index is -1.74. The molecule has 0 amide bonds. The van der Waals surface area contributed by atoms with E-state index in [1.54, 1.807) is 24.3 Å². The van der Waals surface area contributed by atoms with E-state index in [-0.39, 0.29) is 24.8 Å². The first-order valence-corrected chi connectivity index (χ1v) is 11.5. The number of phenolic OH excluding ortho intramolecular Hbond substituents is 1. The van der Waals surface area contributed by atoms with Crippen molar-refractivity contribution in [1.82, 2.24) is 9.55 Å². The molecule has 37 heavy (non-hydrogen) atoms. The highest BCUT2D eigenvalue weighted by atomic mass is 35.5. The molecule has 0 fully saturated rings. The van der Waals surface area contributed by atoms with Gasteiger partial charge >= 0.3 is 5.97 Å². The lowest BCUT2D eigenvalue weighted by atomic mass is 9.96. The van der Waals surface area contributed by atoms with Gasteiger partial charge in [-0.3, -0.25) is 0 Å². The van der Waals surface area contributed by atoms with Gasteiger partial charge in [0.15, 0.2) is 5.60 Å². The average molecular weight is 527 g/mol. The largest absolute Gasteiger partial charge is 0.507 e. The molecule has 0 saturated heterocycles. The van der Waals surface area contributed by atoms with Crippen LogP contribution in [0.5, 0.6) is 23.0 Å². The number of halogens is 1. The number of aromatic nitrogens is 2. The molecule has 1 aromatic heterocycles. The molecule has 4 aromatic rings. The number of esters is 1. The van der Waals surface area contributed by atoms with Gasteiger partial charge < -0.3 is 29.0 Å². The van der Waals surface area contributed by atoms with Crippen molar-refractivity contribution in [3.05, 3.63) is 76.6 Å². The van der Waals surface area contributed by atoms with E-state index >= 15 is 0 Å². The van der Waals surface area contributed by atoms with Crippen LogP contribution in [0.25, 0.3) is 11.0 Å². The molecule has 4 rings (SSSR count). The van der Waals surface area contributed by atoms with E-state index in [0.29, 0.717) is 22.8 Å². The van der Waals surface area contributed by atoms with Crippen molar-refractivity contribution in [1.29, 1.82) is 0 Å². The van der Waals surface area contributed by atoms with Crippen LogP contribution in [0.1, 0.15) is 35.0 Å². The number of phenols is 1. The Kier molecular flexibility index (Phi) is 8.05. The Balaban J connectivity index is 0.00000380.